The molecule has 1 aliphatic heterocycles. The molecule has 2 aromatic rings. The molecule has 0 aliphatic carbocycles. The highest BCUT2D eigenvalue weighted by Gasteiger charge is 2.29. The molecule has 0 unspecified atom stereocenters. The summed E-state index contributed by atoms with van der Waals surface area (Å²) in [7, 11) is 1.69. The summed E-state index contributed by atoms with van der Waals surface area (Å²) in [6.45, 7) is 9.39. The van der Waals surface area contributed by atoms with E-state index in [0.29, 0.717) is 18.8 Å². The third-order valence-electron chi connectivity index (χ3n) is 5.63. The van der Waals surface area contributed by atoms with Crippen LogP contribution in [0.15, 0.2) is 30.3 Å². The van der Waals surface area contributed by atoms with Gasteiger partial charge in [-0.15, -0.1) is 0 Å². The highest BCUT2D eigenvalue weighted by Crippen LogP contribution is 2.31. The molecule has 1 heterocycles. The second kappa shape index (κ2) is 10.1. The topological polar surface area (TPSA) is 50.8 Å². The van der Waals surface area contributed by atoms with Gasteiger partial charge in [0.05, 0.1) is 6.61 Å². The summed E-state index contributed by atoms with van der Waals surface area (Å²) in [4.78, 5) is 15.6. The maximum Gasteiger partial charge on any atom is 0.254 e. The predicted octanol–water partition coefficient (Wildman–Crippen LogP) is 4.17. The molecular weight excluding hydrogens is 364 g/mol. The molecule has 2 aromatic carbocycles. The van der Waals surface area contributed by atoms with Crippen LogP contribution < -0.4 is 10.1 Å². The van der Waals surface area contributed by atoms with Gasteiger partial charge in [-0.25, -0.2) is 0 Å². The number of benzene rings is 2. The van der Waals surface area contributed by atoms with Crippen LogP contribution in [0.4, 0.5) is 0 Å². The maximum atomic E-state index is 13.6. The van der Waals surface area contributed by atoms with Crippen LogP contribution >= 0.6 is 0 Å². The third-order valence-corrected chi connectivity index (χ3v) is 5.63. The van der Waals surface area contributed by atoms with Gasteiger partial charge in [0.15, 0.2) is 0 Å². The van der Waals surface area contributed by atoms with Crippen molar-refractivity contribution in [2.75, 3.05) is 33.4 Å². The van der Waals surface area contributed by atoms with Gasteiger partial charge in [0.25, 0.3) is 5.91 Å². The van der Waals surface area contributed by atoms with Gasteiger partial charge in [0.2, 0.25) is 0 Å². The van der Waals surface area contributed by atoms with E-state index >= 15 is 0 Å². The van der Waals surface area contributed by atoms with E-state index in [0.717, 1.165) is 54.4 Å². The van der Waals surface area contributed by atoms with Crippen molar-refractivity contribution >= 4 is 16.7 Å². The van der Waals surface area contributed by atoms with E-state index in [-0.39, 0.29) is 18.0 Å². The summed E-state index contributed by atoms with van der Waals surface area (Å²) in [5.74, 6) is 0.858. The molecule has 1 N–H and O–H groups in total. The number of amides is 1. The predicted molar refractivity (Wildman–Crippen MR) is 118 cm³/mol. The van der Waals surface area contributed by atoms with E-state index in [1.165, 1.54) is 0 Å². The minimum atomic E-state index is 0.0839. The summed E-state index contributed by atoms with van der Waals surface area (Å²) in [5, 5.41) is 5.56. The second-order valence-electron chi connectivity index (χ2n) is 8.15. The van der Waals surface area contributed by atoms with Gasteiger partial charge in [0.1, 0.15) is 5.75 Å². The highest BCUT2D eigenvalue weighted by atomic mass is 16.5. The number of hydrogen-bond donors (Lipinski definition) is 1. The smallest absolute Gasteiger partial charge is 0.254 e. The molecule has 158 valence electrons. The van der Waals surface area contributed by atoms with Crippen LogP contribution in [0.3, 0.4) is 0 Å². The van der Waals surface area contributed by atoms with Gasteiger partial charge >= 0.3 is 0 Å². The van der Waals surface area contributed by atoms with Gasteiger partial charge in [-0.3, -0.25) is 4.79 Å². The Bertz CT molecular complexity index is 828. The van der Waals surface area contributed by atoms with Crippen molar-refractivity contribution in [1.82, 2.24) is 10.2 Å². The number of aryl methyl sites for hydroxylation is 1. The van der Waals surface area contributed by atoms with Crippen molar-refractivity contribution < 1.29 is 14.3 Å². The number of carbonyl (C=O) groups is 1. The number of nitrogens with zero attached hydrogens (tertiary/aromatic N) is 1. The zero-order valence-electron chi connectivity index (χ0n) is 18.2. The minimum absolute atomic E-state index is 0.0839. The molecule has 3 rings (SSSR count). The first-order valence-corrected chi connectivity index (χ1v) is 10.7. The lowest BCUT2D eigenvalue weighted by Gasteiger charge is -2.37. The van der Waals surface area contributed by atoms with Gasteiger partial charge in [-0.2, -0.15) is 0 Å². The Balaban J connectivity index is 1.96. The first kappa shape index (κ1) is 21.6. The van der Waals surface area contributed by atoms with Crippen molar-refractivity contribution in [3.63, 3.8) is 0 Å². The molecule has 5 heteroatoms. The normalized spacial score (nSPS) is 16.9. The average Bonchev–Trinajstić information content (AvgIpc) is 2.72. The number of fused-ring (bicyclic) bond motifs is 1. The molecule has 1 fully saturated rings. The van der Waals surface area contributed by atoms with E-state index in [1.807, 2.05) is 23.1 Å². The molecule has 1 atom stereocenters. The van der Waals surface area contributed by atoms with Crippen LogP contribution in [0, 0.1) is 6.92 Å². The third kappa shape index (κ3) is 5.09. The molecule has 0 bridgehead atoms. The van der Waals surface area contributed by atoms with Gasteiger partial charge in [-0.05, 0) is 63.2 Å². The molecule has 1 amide bonds. The van der Waals surface area contributed by atoms with Crippen molar-refractivity contribution in [2.45, 2.75) is 52.1 Å². The lowest BCUT2D eigenvalue weighted by Crippen LogP contribution is -2.51. The SMILES string of the molecule is COCCCOc1cc(C(=O)N(C(C)C)[C@@H]2CCCNC2)cc2c(C)cccc12. The fraction of sp³-hybridized carbons (Fsp3) is 0.542. The largest absolute Gasteiger partial charge is 0.493 e. The molecule has 0 saturated carbocycles. The van der Waals surface area contributed by atoms with E-state index in [1.54, 1.807) is 7.11 Å². The Kier molecular flexibility index (Phi) is 7.51. The lowest BCUT2D eigenvalue weighted by atomic mass is 9.99. The van der Waals surface area contributed by atoms with E-state index in [9.17, 15) is 4.79 Å². The number of piperidine rings is 1. The van der Waals surface area contributed by atoms with Crippen molar-refractivity contribution in [1.29, 1.82) is 0 Å². The van der Waals surface area contributed by atoms with Gasteiger partial charge in [0, 0.05) is 49.7 Å². The van der Waals surface area contributed by atoms with Crippen LogP contribution in [0.1, 0.15) is 49.0 Å². The molecular formula is C24H34N2O3. The Morgan fingerprint density at radius 2 is 2.07 bits per heavy atom. The monoisotopic (exact) mass is 398 g/mol. The fourth-order valence-electron chi connectivity index (χ4n) is 4.17. The molecule has 5 nitrogen and oxygen atoms in total. The van der Waals surface area contributed by atoms with Crippen LogP contribution in [-0.2, 0) is 4.74 Å². The van der Waals surface area contributed by atoms with Crippen molar-refractivity contribution in [3.05, 3.63) is 41.5 Å². The standard InChI is InChI=1S/C24H34N2O3/c1-17(2)26(20-9-6-11-25-16-20)24(27)19-14-22-18(3)8-5-10-21(22)23(15-19)29-13-7-12-28-4/h5,8,10,14-15,17,20,25H,6-7,9,11-13,16H2,1-4H3/t20-/m1/s1. The lowest BCUT2D eigenvalue weighted by molar-refractivity contribution is 0.0573. The number of nitrogens with one attached hydrogen (secondary N) is 1. The quantitative estimate of drug-likeness (QED) is 0.678. The highest BCUT2D eigenvalue weighted by molar-refractivity contribution is 6.02. The Hall–Kier alpha value is -2.11. The fourth-order valence-corrected chi connectivity index (χ4v) is 4.17. The molecule has 0 spiro atoms. The van der Waals surface area contributed by atoms with E-state index < -0.39 is 0 Å². The van der Waals surface area contributed by atoms with Crippen molar-refractivity contribution in [2.24, 2.45) is 0 Å². The summed E-state index contributed by atoms with van der Waals surface area (Å²) >= 11 is 0. The Labute approximate surface area is 174 Å². The first-order chi connectivity index (χ1) is 14.0. The van der Waals surface area contributed by atoms with E-state index in [4.69, 9.17) is 9.47 Å². The van der Waals surface area contributed by atoms with E-state index in [2.05, 4.69) is 38.2 Å². The molecule has 0 radical (unpaired) electrons. The van der Waals surface area contributed by atoms with Crippen LogP contribution in [0.25, 0.3) is 10.8 Å². The number of rotatable bonds is 8. The van der Waals surface area contributed by atoms with Crippen LogP contribution in [-0.4, -0.2) is 56.3 Å². The zero-order chi connectivity index (χ0) is 20.8. The number of methoxy groups -OCH3 is 1. The summed E-state index contributed by atoms with van der Waals surface area (Å²) in [6, 6.07) is 10.5. The summed E-state index contributed by atoms with van der Waals surface area (Å²) < 4.78 is 11.2. The Morgan fingerprint density at radius 3 is 2.76 bits per heavy atom. The maximum absolute atomic E-state index is 13.6. The molecule has 29 heavy (non-hydrogen) atoms. The number of hydrogen-bond acceptors (Lipinski definition) is 4. The molecule has 1 aliphatic rings. The zero-order valence-corrected chi connectivity index (χ0v) is 18.2. The van der Waals surface area contributed by atoms with Crippen LogP contribution in [0.5, 0.6) is 5.75 Å². The van der Waals surface area contributed by atoms with Crippen LogP contribution in [0.2, 0.25) is 0 Å². The average molecular weight is 399 g/mol. The Morgan fingerprint density at radius 1 is 1.24 bits per heavy atom. The summed E-state index contributed by atoms with van der Waals surface area (Å²) in [5.41, 5.74) is 1.85. The number of carbonyl (C=O) groups excluding carboxylic acids is 1. The number of ether oxygens (including phenoxy) is 2. The van der Waals surface area contributed by atoms with Crippen molar-refractivity contribution in [3.8, 4) is 5.75 Å². The molecule has 1 saturated heterocycles. The minimum Gasteiger partial charge on any atom is -0.493 e. The molecule has 0 aromatic heterocycles. The summed E-state index contributed by atoms with van der Waals surface area (Å²) in [6.07, 6.45) is 2.96. The van der Waals surface area contributed by atoms with Gasteiger partial charge in [-0.1, -0.05) is 18.2 Å². The first-order valence-electron chi connectivity index (χ1n) is 10.7. The second-order valence-corrected chi connectivity index (χ2v) is 8.15. The van der Waals surface area contributed by atoms with Gasteiger partial charge < -0.3 is 19.7 Å².